The van der Waals surface area contributed by atoms with Gasteiger partial charge in [-0.2, -0.15) is 0 Å². The number of halogens is 1. The molecule has 1 aromatic rings. The molecule has 1 aromatic carbocycles. The second kappa shape index (κ2) is 9.22. The van der Waals surface area contributed by atoms with Crippen LogP contribution in [-0.2, 0) is 4.74 Å². The van der Waals surface area contributed by atoms with Crippen molar-refractivity contribution in [1.82, 2.24) is 5.32 Å². The van der Waals surface area contributed by atoms with Gasteiger partial charge in [0.25, 0.3) is 0 Å². The Hall–Kier alpha value is -0.770. The number of aryl methyl sites for hydroxylation is 2. The van der Waals surface area contributed by atoms with Gasteiger partial charge in [-0.1, -0.05) is 18.5 Å². The van der Waals surface area contributed by atoms with E-state index in [-0.39, 0.29) is 0 Å². The van der Waals surface area contributed by atoms with Gasteiger partial charge in [0.1, 0.15) is 12.4 Å². The number of hydrogen-bond acceptors (Lipinski definition) is 3. The normalized spacial score (nSPS) is 12.4. The van der Waals surface area contributed by atoms with E-state index in [1.807, 2.05) is 26.0 Å². The molecule has 1 atom stereocenters. The summed E-state index contributed by atoms with van der Waals surface area (Å²) in [5.41, 5.74) is 2.08. The van der Waals surface area contributed by atoms with Crippen molar-refractivity contribution < 1.29 is 9.47 Å². The zero-order chi connectivity index (χ0) is 15.0. The highest BCUT2D eigenvalue weighted by Crippen LogP contribution is 2.25. The van der Waals surface area contributed by atoms with Crippen molar-refractivity contribution in [2.45, 2.75) is 40.2 Å². The summed E-state index contributed by atoms with van der Waals surface area (Å²) in [4.78, 5) is 0. The van der Waals surface area contributed by atoms with Crippen LogP contribution in [0.2, 0.25) is 5.02 Å². The lowest BCUT2D eigenvalue weighted by atomic mass is 10.1. The van der Waals surface area contributed by atoms with Crippen LogP contribution in [0.5, 0.6) is 5.75 Å². The van der Waals surface area contributed by atoms with Crippen LogP contribution >= 0.6 is 11.6 Å². The maximum Gasteiger partial charge on any atom is 0.120 e. The van der Waals surface area contributed by atoms with Crippen LogP contribution in [0.3, 0.4) is 0 Å². The fourth-order valence-electron chi connectivity index (χ4n) is 1.83. The van der Waals surface area contributed by atoms with Gasteiger partial charge in [-0.25, -0.2) is 0 Å². The van der Waals surface area contributed by atoms with E-state index in [0.717, 1.165) is 34.9 Å². The Kier molecular flexibility index (Phi) is 7.97. The van der Waals surface area contributed by atoms with Gasteiger partial charge in [-0.3, -0.25) is 0 Å². The number of ether oxygens (including phenoxy) is 2. The van der Waals surface area contributed by atoms with Gasteiger partial charge in [0.05, 0.1) is 13.2 Å². The third-order valence-electron chi connectivity index (χ3n) is 3.26. The van der Waals surface area contributed by atoms with Gasteiger partial charge in [0.15, 0.2) is 0 Å². The molecule has 0 radical (unpaired) electrons. The van der Waals surface area contributed by atoms with Crippen molar-refractivity contribution in [3.63, 3.8) is 0 Å². The molecule has 0 spiro atoms. The van der Waals surface area contributed by atoms with Gasteiger partial charge >= 0.3 is 0 Å². The van der Waals surface area contributed by atoms with E-state index in [0.29, 0.717) is 25.9 Å². The molecule has 3 nitrogen and oxygen atoms in total. The predicted molar refractivity (Wildman–Crippen MR) is 85.0 cm³/mol. The molecule has 1 rings (SSSR count). The second-order valence-corrected chi connectivity index (χ2v) is 5.47. The Morgan fingerprint density at radius 3 is 2.40 bits per heavy atom. The predicted octanol–water partition coefficient (Wildman–Crippen LogP) is 3.74. The fraction of sp³-hybridized carbons (Fsp3) is 0.625. The molecule has 0 saturated heterocycles. The average molecular weight is 300 g/mol. The molecule has 0 amide bonds. The Morgan fingerprint density at radius 2 is 1.80 bits per heavy atom. The zero-order valence-corrected chi connectivity index (χ0v) is 13.7. The van der Waals surface area contributed by atoms with Crippen LogP contribution in [0.1, 0.15) is 31.4 Å². The molecule has 0 fully saturated rings. The maximum absolute atomic E-state index is 6.12. The van der Waals surface area contributed by atoms with E-state index in [1.54, 1.807) is 0 Å². The first-order valence-electron chi connectivity index (χ1n) is 7.25. The molecular formula is C16H26ClNO2. The third kappa shape index (κ3) is 6.12. The summed E-state index contributed by atoms with van der Waals surface area (Å²) in [5, 5.41) is 4.19. The molecule has 0 aliphatic carbocycles. The Balaban J connectivity index is 2.16. The molecule has 4 heteroatoms. The Morgan fingerprint density at radius 1 is 1.15 bits per heavy atom. The number of hydrogen-bond donors (Lipinski definition) is 1. The van der Waals surface area contributed by atoms with Crippen molar-refractivity contribution in [1.29, 1.82) is 0 Å². The molecule has 0 aliphatic rings. The second-order valence-electron chi connectivity index (χ2n) is 5.10. The zero-order valence-electron chi connectivity index (χ0n) is 13.0. The third-order valence-corrected chi connectivity index (χ3v) is 3.85. The SMILES string of the molecule is CC[C@@H](C)NCCOCCOc1cc(C)c(Cl)c(C)c1. The van der Waals surface area contributed by atoms with Crippen LogP contribution in [0.15, 0.2) is 12.1 Å². The van der Waals surface area contributed by atoms with Crippen LogP contribution in [-0.4, -0.2) is 32.4 Å². The summed E-state index contributed by atoms with van der Waals surface area (Å²) >= 11 is 6.12. The highest BCUT2D eigenvalue weighted by Gasteiger charge is 2.03. The van der Waals surface area contributed by atoms with E-state index < -0.39 is 0 Å². The molecule has 0 saturated carbocycles. The number of benzene rings is 1. The summed E-state index contributed by atoms with van der Waals surface area (Å²) in [6, 6.07) is 4.47. The maximum atomic E-state index is 6.12. The van der Waals surface area contributed by atoms with Crippen molar-refractivity contribution in [2.75, 3.05) is 26.4 Å². The molecule has 0 bridgehead atoms. The molecule has 114 valence electrons. The van der Waals surface area contributed by atoms with Crippen LogP contribution in [0.4, 0.5) is 0 Å². The van der Waals surface area contributed by atoms with Gasteiger partial charge < -0.3 is 14.8 Å². The summed E-state index contributed by atoms with van der Waals surface area (Å²) in [5.74, 6) is 0.853. The lowest BCUT2D eigenvalue weighted by Gasteiger charge is -2.12. The van der Waals surface area contributed by atoms with Crippen molar-refractivity contribution in [3.8, 4) is 5.75 Å². The molecule has 0 aliphatic heterocycles. The van der Waals surface area contributed by atoms with Crippen molar-refractivity contribution in [2.24, 2.45) is 0 Å². The van der Waals surface area contributed by atoms with E-state index >= 15 is 0 Å². The summed E-state index contributed by atoms with van der Waals surface area (Å²) in [7, 11) is 0. The average Bonchev–Trinajstić information content (AvgIpc) is 2.43. The number of rotatable bonds is 9. The summed E-state index contributed by atoms with van der Waals surface area (Å²) < 4.78 is 11.2. The van der Waals surface area contributed by atoms with E-state index in [9.17, 15) is 0 Å². The van der Waals surface area contributed by atoms with Gasteiger partial charge in [-0.05, 0) is 50.5 Å². The van der Waals surface area contributed by atoms with Crippen molar-refractivity contribution >= 4 is 11.6 Å². The summed E-state index contributed by atoms with van der Waals surface area (Å²) in [6.45, 7) is 11.1. The Bertz CT molecular complexity index is 386. The van der Waals surface area contributed by atoms with Gasteiger partial charge in [0, 0.05) is 17.6 Å². The molecule has 20 heavy (non-hydrogen) atoms. The standard InChI is InChI=1S/C16H26ClNO2/c1-5-14(4)18-6-7-19-8-9-20-15-10-12(2)16(17)13(3)11-15/h10-11,14,18H,5-9H2,1-4H3/t14-/m1/s1. The van der Waals surface area contributed by atoms with Crippen LogP contribution < -0.4 is 10.1 Å². The molecule has 0 aromatic heterocycles. The largest absolute Gasteiger partial charge is 0.491 e. The molecular weight excluding hydrogens is 274 g/mol. The fourth-order valence-corrected chi connectivity index (χ4v) is 1.94. The lowest BCUT2D eigenvalue weighted by molar-refractivity contribution is 0.100. The number of nitrogens with one attached hydrogen (secondary N) is 1. The minimum atomic E-state index is 0.551. The van der Waals surface area contributed by atoms with E-state index in [1.165, 1.54) is 0 Å². The van der Waals surface area contributed by atoms with E-state index in [4.69, 9.17) is 21.1 Å². The topological polar surface area (TPSA) is 30.5 Å². The molecule has 1 N–H and O–H groups in total. The van der Waals surface area contributed by atoms with Gasteiger partial charge in [0.2, 0.25) is 0 Å². The monoisotopic (exact) mass is 299 g/mol. The molecule has 0 unspecified atom stereocenters. The lowest BCUT2D eigenvalue weighted by Crippen LogP contribution is -2.29. The molecule has 0 heterocycles. The van der Waals surface area contributed by atoms with Gasteiger partial charge in [-0.15, -0.1) is 0 Å². The Labute approximate surface area is 127 Å². The quantitative estimate of drug-likeness (QED) is 0.705. The van der Waals surface area contributed by atoms with Crippen LogP contribution in [0.25, 0.3) is 0 Å². The van der Waals surface area contributed by atoms with Crippen molar-refractivity contribution in [3.05, 3.63) is 28.3 Å². The highest BCUT2D eigenvalue weighted by atomic mass is 35.5. The van der Waals surface area contributed by atoms with Crippen LogP contribution in [0, 0.1) is 13.8 Å². The smallest absolute Gasteiger partial charge is 0.120 e. The minimum Gasteiger partial charge on any atom is -0.491 e. The summed E-state index contributed by atoms with van der Waals surface area (Å²) in [6.07, 6.45) is 1.14. The first-order chi connectivity index (χ1) is 9.54. The minimum absolute atomic E-state index is 0.551. The van der Waals surface area contributed by atoms with E-state index in [2.05, 4.69) is 19.2 Å². The highest BCUT2D eigenvalue weighted by molar-refractivity contribution is 6.32. The first-order valence-corrected chi connectivity index (χ1v) is 7.63. The first kappa shape index (κ1) is 17.3.